The number of halogens is 2. The first kappa shape index (κ1) is 15.3. The Hall–Kier alpha value is -2.28. The summed E-state index contributed by atoms with van der Waals surface area (Å²) >= 11 is 0. The molecule has 2 saturated heterocycles. The largest absolute Gasteiger partial charge is 0.333 e. The van der Waals surface area contributed by atoms with Crippen LogP contribution in [0.25, 0.3) is 0 Å². The molecule has 24 heavy (non-hydrogen) atoms. The van der Waals surface area contributed by atoms with Gasteiger partial charge in [0.05, 0.1) is 6.04 Å². The number of carbonyl (C=O) groups excluding carboxylic acids is 1. The average Bonchev–Trinajstić information content (AvgIpc) is 3.30. The van der Waals surface area contributed by atoms with E-state index in [-0.39, 0.29) is 17.6 Å². The normalized spacial score (nSPS) is 26.1. The van der Waals surface area contributed by atoms with Gasteiger partial charge in [-0.25, -0.2) is 4.68 Å². The topological polar surface area (TPSA) is 50.2 Å². The third-order valence-corrected chi connectivity index (χ3v) is 4.99. The molecule has 3 atom stereocenters. The van der Waals surface area contributed by atoms with Gasteiger partial charge in [-0.1, -0.05) is 30.3 Å². The maximum Gasteiger partial charge on any atom is 0.333 e. The highest BCUT2D eigenvalue weighted by molar-refractivity contribution is 5.92. The maximum atomic E-state index is 12.9. The van der Waals surface area contributed by atoms with Crippen molar-refractivity contribution < 1.29 is 13.6 Å². The van der Waals surface area contributed by atoms with Crippen LogP contribution in [0.15, 0.2) is 42.6 Å². The summed E-state index contributed by atoms with van der Waals surface area (Å²) < 4.78 is 26.0. The maximum absolute atomic E-state index is 12.9. The molecule has 0 radical (unpaired) electrons. The van der Waals surface area contributed by atoms with E-state index in [0.29, 0.717) is 23.1 Å². The summed E-state index contributed by atoms with van der Waals surface area (Å²) in [4.78, 5) is 14.7. The van der Waals surface area contributed by atoms with E-state index in [0.717, 1.165) is 24.8 Å². The van der Waals surface area contributed by atoms with Crippen molar-refractivity contribution in [3.05, 3.63) is 53.9 Å². The molecule has 5 nitrogen and oxygen atoms in total. The summed E-state index contributed by atoms with van der Waals surface area (Å²) in [6.07, 6.45) is 1.15. The highest BCUT2D eigenvalue weighted by atomic mass is 19.3. The zero-order valence-corrected chi connectivity index (χ0v) is 13.0. The molecule has 1 aromatic carbocycles. The van der Waals surface area contributed by atoms with E-state index in [4.69, 9.17) is 0 Å². The molecule has 1 amide bonds. The average molecular weight is 332 g/mol. The van der Waals surface area contributed by atoms with Crippen molar-refractivity contribution in [3.63, 3.8) is 0 Å². The Labute approximate surface area is 138 Å². The molecule has 0 spiro atoms. The van der Waals surface area contributed by atoms with Crippen LogP contribution < -0.4 is 5.32 Å². The number of rotatable bonds is 3. The highest BCUT2D eigenvalue weighted by Gasteiger charge is 2.47. The van der Waals surface area contributed by atoms with Crippen LogP contribution in [0, 0.1) is 11.8 Å². The molecule has 2 aliphatic heterocycles. The highest BCUT2D eigenvalue weighted by Crippen LogP contribution is 2.43. The van der Waals surface area contributed by atoms with Gasteiger partial charge in [0.15, 0.2) is 5.69 Å². The molecule has 2 aliphatic rings. The molecule has 1 N–H and O–H groups in total. The van der Waals surface area contributed by atoms with E-state index in [2.05, 4.69) is 10.4 Å². The van der Waals surface area contributed by atoms with Gasteiger partial charge in [0.1, 0.15) is 0 Å². The molecule has 4 rings (SSSR count). The van der Waals surface area contributed by atoms with Crippen LogP contribution in [0.1, 0.15) is 28.6 Å². The number of likely N-dealkylation sites (tertiary alicyclic amines) is 1. The summed E-state index contributed by atoms with van der Waals surface area (Å²) in [5.41, 5.74) is 1.15. The minimum atomic E-state index is -2.74. The fourth-order valence-corrected chi connectivity index (χ4v) is 3.91. The second kappa shape index (κ2) is 5.98. The zero-order chi connectivity index (χ0) is 16.7. The fraction of sp³-hybridized carbons (Fsp3) is 0.412. The van der Waals surface area contributed by atoms with E-state index in [1.165, 1.54) is 6.07 Å². The molecule has 1 aromatic heterocycles. The van der Waals surface area contributed by atoms with Crippen molar-refractivity contribution in [3.8, 4) is 0 Å². The monoisotopic (exact) mass is 332 g/mol. The molecule has 0 unspecified atom stereocenters. The Morgan fingerprint density at radius 2 is 2.00 bits per heavy atom. The third-order valence-electron chi connectivity index (χ3n) is 4.99. The van der Waals surface area contributed by atoms with Crippen LogP contribution >= 0.6 is 0 Å². The van der Waals surface area contributed by atoms with Gasteiger partial charge < -0.3 is 10.2 Å². The van der Waals surface area contributed by atoms with Gasteiger partial charge in [-0.15, -0.1) is 0 Å². The van der Waals surface area contributed by atoms with Gasteiger partial charge in [-0.2, -0.15) is 13.9 Å². The van der Waals surface area contributed by atoms with Gasteiger partial charge in [-0.3, -0.25) is 4.79 Å². The number of nitrogens with one attached hydrogen (secondary N) is 1. The predicted molar refractivity (Wildman–Crippen MR) is 83.5 cm³/mol. The lowest BCUT2D eigenvalue weighted by Gasteiger charge is -2.27. The molecular formula is C17H18F2N4O. The van der Waals surface area contributed by atoms with Crippen molar-refractivity contribution in [2.75, 3.05) is 19.6 Å². The zero-order valence-electron chi connectivity index (χ0n) is 13.0. The number of hydrogen-bond acceptors (Lipinski definition) is 3. The first-order chi connectivity index (χ1) is 11.6. The van der Waals surface area contributed by atoms with Crippen LogP contribution in [-0.4, -0.2) is 40.2 Å². The number of alkyl halides is 2. The summed E-state index contributed by atoms with van der Waals surface area (Å²) in [5.74, 6) is 0.447. The molecule has 126 valence electrons. The van der Waals surface area contributed by atoms with Crippen molar-refractivity contribution in [1.29, 1.82) is 0 Å². The number of hydrogen-bond donors (Lipinski definition) is 1. The Morgan fingerprint density at radius 3 is 2.71 bits per heavy atom. The summed E-state index contributed by atoms with van der Waals surface area (Å²) in [6.45, 7) is -0.376. The Morgan fingerprint density at radius 1 is 1.21 bits per heavy atom. The molecule has 0 aliphatic carbocycles. The Balaban J connectivity index is 1.66. The first-order valence-electron chi connectivity index (χ1n) is 8.05. The first-order valence-corrected chi connectivity index (χ1v) is 8.05. The van der Waals surface area contributed by atoms with Crippen molar-refractivity contribution in [2.24, 2.45) is 11.8 Å². The van der Waals surface area contributed by atoms with E-state index < -0.39 is 6.55 Å². The van der Waals surface area contributed by atoms with Gasteiger partial charge in [-0.05, 0) is 17.5 Å². The predicted octanol–water partition coefficient (Wildman–Crippen LogP) is 2.31. The number of nitrogens with zero attached hydrogens (tertiary/aromatic N) is 3. The lowest BCUT2D eigenvalue weighted by atomic mass is 9.89. The summed E-state index contributed by atoms with van der Waals surface area (Å²) in [7, 11) is 0. The number of fused-ring (bicyclic) bond motifs is 1. The summed E-state index contributed by atoms with van der Waals surface area (Å²) in [6, 6.07) is 11.2. The summed E-state index contributed by atoms with van der Waals surface area (Å²) in [5, 5.41) is 7.12. The lowest BCUT2D eigenvalue weighted by Crippen LogP contribution is -2.35. The SMILES string of the molecule is O=C(c1ccn(C(F)F)n1)N1C[C@@H]2CNC[C@@H]2[C@H]1c1ccccc1. The minimum absolute atomic E-state index is 0.0459. The van der Waals surface area contributed by atoms with Crippen molar-refractivity contribution in [1.82, 2.24) is 20.0 Å². The van der Waals surface area contributed by atoms with E-state index in [1.54, 1.807) is 4.90 Å². The molecule has 0 saturated carbocycles. The van der Waals surface area contributed by atoms with Crippen LogP contribution in [0.4, 0.5) is 8.78 Å². The number of aromatic nitrogens is 2. The van der Waals surface area contributed by atoms with Gasteiger partial charge >= 0.3 is 6.55 Å². The lowest BCUT2D eigenvalue weighted by molar-refractivity contribution is 0.0547. The minimum Gasteiger partial charge on any atom is -0.330 e. The second-order valence-corrected chi connectivity index (χ2v) is 6.35. The van der Waals surface area contributed by atoms with Crippen LogP contribution in [0.3, 0.4) is 0 Å². The van der Waals surface area contributed by atoms with E-state index in [1.807, 2.05) is 30.3 Å². The quantitative estimate of drug-likeness (QED) is 0.938. The van der Waals surface area contributed by atoms with E-state index in [9.17, 15) is 13.6 Å². The van der Waals surface area contributed by atoms with Crippen molar-refractivity contribution >= 4 is 5.91 Å². The number of carbonyl (C=O) groups is 1. The Kier molecular flexibility index (Phi) is 3.80. The van der Waals surface area contributed by atoms with Crippen LogP contribution in [0.2, 0.25) is 0 Å². The molecule has 2 aromatic rings. The molecular weight excluding hydrogens is 314 g/mol. The van der Waals surface area contributed by atoms with Crippen LogP contribution in [-0.2, 0) is 0 Å². The van der Waals surface area contributed by atoms with E-state index >= 15 is 0 Å². The third kappa shape index (κ3) is 2.49. The smallest absolute Gasteiger partial charge is 0.330 e. The Bertz CT molecular complexity index is 733. The molecule has 7 heteroatoms. The number of benzene rings is 1. The second-order valence-electron chi connectivity index (χ2n) is 6.35. The van der Waals surface area contributed by atoms with Crippen molar-refractivity contribution in [2.45, 2.75) is 12.6 Å². The fourth-order valence-electron chi connectivity index (χ4n) is 3.91. The van der Waals surface area contributed by atoms with Gasteiger partial charge in [0.25, 0.3) is 5.91 Å². The molecule has 0 bridgehead atoms. The van der Waals surface area contributed by atoms with Gasteiger partial charge in [0.2, 0.25) is 0 Å². The van der Waals surface area contributed by atoms with Crippen LogP contribution in [0.5, 0.6) is 0 Å². The standard InChI is InChI=1S/C17H18F2N4O/c18-17(19)23-7-6-14(21-23)16(24)22-10-12-8-20-9-13(12)15(22)11-4-2-1-3-5-11/h1-7,12-13,15,17,20H,8-10H2/t12-,13-,15+/m0/s1. The number of amides is 1. The molecule has 3 heterocycles. The molecule has 2 fully saturated rings. The van der Waals surface area contributed by atoms with Gasteiger partial charge in [0, 0.05) is 31.7 Å².